The summed E-state index contributed by atoms with van der Waals surface area (Å²) in [6.07, 6.45) is 11.6. The van der Waals surface area contributed by atoms with Crippen molar-refractivity contribution in [2.45, 2.75) is 45.6 Å². The average molecular weight is 338 g/mol. The normalized spacial score (nSPS) is 16.0. The summed E-state index contributed by atoms with van der Waals surface area (Å²) in [7, 11) is 0. The lowest BCUT2D eigenvalue weighted by Gasteiger charge is -2.33. The molecule has 6 nitrogen and oxygen atoms in total. The molecule has 4 heterocycles. The lowest BCUT2D eigenvalue weighted by molar-refractivity contribution is 0.352. The van der Waals surface area contributed by atoms with E-state index in [2.05, 4.69) is 34.3 Å². The van der Waals surface area contributed by atoms with E-state index in [4.69, 9.17) is 4.98 Å². The van der Waals surface area contributed by atoms with Gasteiger partial charge in [-0.25, -0.2) is 4.98 Å². The Morgan fingerprint density at radius 1 is 1.16 bits per heavy atom. The number of fused-ring (bicyclic) bond motifs is 1. The standard InChI is InChI=1S/C19H26N6/c1-2-4-17-15-19(25-18(22-17)5-10-21-25)23-12-6-16(7-13-23)8-14-24-11-3-9-20-24/h3,5,9-11,15-16H,2,4,6-8,12-14H2,1H3. The zero-order valence-corrected chi connectivity index (χ0v) is 14.9. The van der Waals surface area contributed by atoms with Crippen LogP contribution in [0.15, 0.2) is 36.8 Å². The van der Waals surface area contributed by atoms with Crippen LogP contribution in [0, 0.1) is 5.92 Å². The molecule has 0 aliphatic carbocycles. The van der Waals surface area contributed by atoms with Crippen LogP contribution in [0.3, 0.4) is 0 Å². The van der Waals surface area contributed by atoms with Crippen molar-refractivity contribution >= 4 is 11.5 Å². The highest BCUT2D eigenvalue weighted by Gasteiger charge is 2.22. The Kier molecular flexibility index (Phi) is 4.68. The monoisotopic (exact) mass is 338 g/mol. The van der Waals surface area contributed by atoms with Gasteiger partial charge in [0.1, 0.15) is 5.82 Å². The van der Waals surface area contributed by atoms with Gasteiger partial charge in [-0.3, -0.25) is 4.68 Å². The Morgan fingerprint density at radius 3 is 2.80 bits per heavy atom. The molecule has 0 amide bonds. The van der Waals surface area contributed by atoms with E-state index in [0.717, 1.165) is 44.0 Å². The summed E-state index contributed by atoms with van der Waals surface area (Å²) in [6.45, 7) is 5.41. The summed E-state index contributed by atoms with van der Waals surface area (Å²) in [5.41, 5.74) is 2.13. The number of rotatable bonds is 6. The fourth-order valence-corrected chi connectivity index (χ4v) is 3.75. The van der Waals surface area contributed by atoms with E-state index in [-0.39, 0.29) is 0 Å². The molecular weight excluding hydrogens is 312 g/mol. The molecule has 1 aliphatic rings. The van der Waals surface area contributed by atoms with Gasteiger partial charge in [-0.2, -0.15) is 14.7 Å². The van der Waals surface area contributed by atoms with Gasteiger partial charge in [0.25, 0.3) is 0 Å². The van der Waals surface area contributed by atoms with E-state index in [1.54, 1.807) is 0 Å². The highest BCUT2D eigenvalue weighted by atomic mass is 15.3. The van der Waals surface area contributed by atoms with Gasteiger partial charge >= 0.3 is 0 Å². The molecule has 0 unspecified atom stereocenters. The topological polar surface area (TPSA) is 51.2 Å². The minimum atomic E-state index is 0.783. The van der Waals surface area contributed by atoms with E-state index in [9.17, 15) is 0 Å². The molecule has 0 aromatic carbocycles. The van der Waals surface area contributed by atoms with Crippen molar-refractivity contribution in [3.05, 3.63) is 42.5 Å². The number of hydrogen-bond donors (Lipinski definition) is 0. The molecule has 0 bridgehead atoms. The van der Waals surface area contributed by atoms with Crippen molar-refractivity contribution in [2.24, 2.45) is 5.92 Å². The molecule has 4 rings (SSSR count). The van der Waals surface area contributed by atoms with Gasteiger partial charge in [-0.1, -0.05) is 13.3 Å². The van der Waals surface area contributed by atoms with Crippen molar-refractivity contribution < 1.29 is 0 Å². The predicted octanol–water partition coefficient (Wildman–Crippen LogP) is 3.19. The summed E-state index contributed by atoms with van der Waals surface area (Å²) in [4.78, 5) is 7.19. The lowest BCUT2D eigenvalue weighted by Crippen LogP contribution is -2.35. The third-order valence-corrected chi connectivity index (χ3v) is 5.16. The minimum absolute atomic E-state index is 0.783. The molecule has 0 radical (unpaired) electrons. The molecule has 1 fully saturated rings. The molecule has 3 aromatic rings. The quantitative estimate of drug-likeness (QED) is 0.693. The molecule has 0 saturated carbocycles. The third-order valence-electron chi connectivity index (χ3n) is 5.16. The second-order valence-corrected chi connectivity index (χ2v) is 6.95. The lowest BCUT2D eigenvalue weighted by atomic mass is 9.93. The third kappa shape index (κ3) is 3.52. The van der Waals surface area contributed by atoms with E-state index in [1.165, 1.54) is 30.8 Å². The van der Waals surface area contributed by atoms with E-state index in [1.807, 2.05) is 33.7 Å². The number of hydrogen-bond acceptors (Lipinski definition) is 4. The number of anilines is 1. The zero-order chi connectivity index (χ0) is 17.1. The van der Waals surface area contributed by atoms with Crippen molar-refractivity contribution in [3.63, 3.8) is 0 Å². The number of aryl methyl sites for hydroxylation is 2. The first-order chi connectivity index (χ1) is 12.3. The van der Waals surface area contributed by atoms with Crippen LogP contribution in [0.2, 0.25) is 0 Å². The summed E-state index contributed by atoms with van der Waals surface area (Å²) < 4.78 is 4.03. The molecule has 0 N–H and O–H groups in total. The summed E-state index contributed by atoms with van der Waals surface area (Å²) in [6, 6.07) is 6.22. The average Bonchev–Trinajstić information content (AvgIpc) is 3.31. The molecule has 3 aromatic heterocycles. The Labute approximate surface area is 148 Å². The largest absolute Gasteiger partial charge is 0.356 e. The van der Waals surface area contributed by atoms with Gasteiger partial charge < -0.3 is 4.90 Å². The van der Waals surface area contributed by atoms with Gasteiger partial charge in [0.15, 0.2) is 5.65 Å². The first-order valence-electron chi connectivity index (χ1n) is 9.39. The highest BCUT2D eigenvalue weighted by molar-refractivity contribution is 5.51. The van der Waals surface area contributed by atoms with Gasteiger partial charge in [-0.05, 0) is 37.7 Å². The number of aromatic nitrogens is 5. The predicted molar refractivity (Wildman–Crippen MR) is 98.8 cm³/mol. The van der Waals surface area contributed by atoms with Gasteiger partial charge in [0.2, 0.25) is 0 Å². The van der Waals surface area contributed by atoms with Crippen LogP contribution in [0.4, 0.5) is 5.82 Å². The molecule has 25 heavy (non-hydrogen) atoms. The van der Waals surface area contributed by atoms with Crippen molar-refractivity contribution in [3.8, 4) is 0 Å². The molecule has 0 atom stereocenters. The first-order valence-corrected chi connectivity index (χ1v) is 9.39. The van der Waals surface area contributed by atoms with Crippen LogP contribution in [0.5, 0.6) is 0 Å². The van der Waals surface area contributed by atoms with Crippen LogP contribution in [-0.4, -0.2) is 37.5 Å². The van der Waals surface area contributed by atoms with Crippen molar-refractivity contribution in [2.75, 3.05) is 18.0 Å². The summed E-state index contributed by atoms with van der Waals surface area (Å²) in [5, 5.41) is 8.79. The first kappa shape index (κ1) is 16.1. The Morgan fingerprint density at radius 2 is 2.04 bits per heavy atom. The Balaban J connectivity index is 1.43. The maximum Gasteiger partial charge on any atom is 0.157 e. The van der Waals surface area contributed by atoms with Gasteiger partial charge in [0, 0.05) is 49.9 Å². The zero-order valence-electron chi connectivity index (χ0n) is 14.9. The molecule has 0 spiro atoms. The van der Waals surface area contributed by atoms with E-state index in [0.29, 0.717) is 0 Å². The number of nitrogens with zero attached hydrogens (tertiary/aromatic N) is 6. The second-order valence-electron chi connectivity index (χ2n) is 6.95. The Hall–Kier alpha value is -2.37. The highest BCUT2D eigenvalue weighted by Crippen LogP contribution is 2.26. The summed E-state index contributed by atoms with van der Waals surface area (Å²) >= 11 is 0. The second kappa shape index (κ2) is 7.25. The SMILES string of the molecule is CCCc1cc(N2CCC(CCn3cccn3)CC2)n2nccc2n1. The van der Waals surface area contributed by atoms with Crippen LogP contribution in [0.1, 0.15) is 38.3 Å². The van der Waals surface area contributed by atoms with E-state index >= 15 is 0 Å². The number of piperidine rings is 1. The van der Waals surface area contributed by atoms with E-state index < -0.39 is 0 Å². The molecule has 6 heteroatoms. The minimum Gasteiger partial charge on any atom is -0.356 e. The fraction of sp³-hybridized carbons (Fsp3) is 0.526. The van der Waals surface area contributed by atoms with Crippen LogP contribution < -0.4 is 4.90 Å². The van der Waals surface area contributed by atoms with Crippen LogP contribution in [-0.2, 0) is 13.0 Å². The molecule has 1 saturated heterocycles. The van der Waals surface area contributed by atoms with Crippen molar-refractivity contribution in [1.82, 2.24) is 24.4 Å². The maximum atomic E-state index is 4.72. The van der Waals surface area contributed by atoms with Crippen molar-refractivity contribution in [1.29, 1.82) is 0 Å². The molecule has 132 valence electrons. The van der Waals surface area contributed by atoms with Gasteiger partial charge in [0.05, 0.1) is 6.20 Å². The molecule has 1 aliphatic heterocycles. The van der Waals surface area contributed by atoms with Crippen LogP contribution >= 0.6 is 0 Å². The fourth-order valence-electron chi connectivity index (χ4n) is 3.75. The maximum absolute atomic E-state index is 4.72. The van der Waals surface area contributed by atoms with Crippen LogP contribution in [0.25, 0.3) is 5.65 Å². The Bertz CT molecular complexity index is 799. The van der Waals surface area contributed by atoms with Gasteiger partial charge in [-0.15, -0.1) is 0 Å². The molecular formula is C19H26N6. The summed E-state index contributed by atoms with van der Waals surface area (Å²) in [5.74, 6) is 1.98. The smallest absolute Gasteiger partial charge is 0.157 e.